The molecule has 3 aliphatic rings. The Morgan fingerprint density at radius 1 is 1.09 bits per heavy atom. The Labute approximate surface area is 134 Å². The van der Waals surface area contributed by atoms with E-state index in [-0.39, 0.29) is 5.91 Å². The van der Waals surface area contributed by atoms with E-state index in [0.717, 1.165) is 19.3 Å². The maximum Gasteiger partial charge on any atom is 0.243 e. The molecule has 3 rings (SSSR count). The van der Waals surface area contributed by atoms with Crippen molar-refractivity contribution in [3.8, 4) is 0 Å². The van der Waals surface area contributed by atoms with E-state index in [1.165, 1.54) is 70.2 Å². The molecule has 2 heterocycles. The van der Waals surface area contributed by atoms with Gasteiger partial charge in [0.1, 0.15) is 5.54 Å². The molecule has 1 saturated carbocycles. The van der Waals surface area contributed by atoms with Crippen molar-refractivity contribution in [3.05, 3.63) is 11.9 Å². The van der Waals surface area contributed by atoms with Crippen molar-refractivity contribution >= 4 is 5.91 Å². The first kappa shape index (κ1) is 15.7. The normalized spacial score (nSPS) is 35.9. The quantitative estimate of drug-likeness (QED) is 0.783. The zero-order valence-electron chi connectivity index (χ0n) is 13.8. The first-order valence-electron chi connectivity index (χ1n) is 9.24. The molecule has 1 saturated heterocycles. The number of carbonyl (C=O) groups is 1. The molecule has 3 N–H and O–H groups in total. The van der Waals surface area contributed by atoms with Crippen molar-refractivity contribution in [1.29, 1.82) is 0 Å². The van der Waals surface area contributed by atoms with Gasteiger partial charge in [-0.1, -0.05) is 38.5 Å². The number of primary amides is 1. The molecule has 0 spiro atoms. The number of hydrogen-bond acceptors (Lipinski definition) is 3. The minimum absolute atomic E-state index is 0.164. The number of carbonyl (C=O) groups excluding carboxylic acids is 1. The molecule has 4 nitrogen and oxygen atoms in total. The van der Waals surface area contributed by atoms with Crippen molar-refractivity contribution in [2.45, 2.75) is 76.2 Å². The molecule has 22 heavy (non-hydrogen) atoms. The SMILES string of the molecule is NC(=O)C12CC1CCCCCCCCCN1CCC/C1=C/N2. The molecule has 2 atom stereocenters. The van der Waals surface area contributed by atoms with Gasteiger partial charge >= 0.3 is 0 Å². The van der Waals surface area contributed by atoms with Crippen LogP contribution >= 0.6 is 0 Å². The Hall–Kier alpha value is -1.19. The molecule has 4 heteroatoms. The summed E-state index contributed by atoms with van der Waals surface area (Å²) in [6.07, 6.45) is 15.8. The highest BCUT2D eigenvalue weighted by Crippen LogP contribution is 2.47. The van der Waals surface area contributed by atoms with Gasteiger partial charge in [-0.15, -0.1) is 0 Å². The number of allylic oxidation sites excluding steroid dienone is 1. The van der Waals surface area contributed by atoms with Gasteiger partial charge in [0.2, 0.25) is 5.91 Å². The molecule has 0 bridgehead atoms. The van der Waals surface area contributed by atoms with Gasteiger partial charge in [0, 0.05) is 25.0 Å². The van der Waals surface area contributed by atoms with E-state index in [1.54, 1.807) is 0 Å². The number of nitrogens with one attached hydrogen (secondary N) is 1. The summed E-state index contributed by atoms with van der Waals surface area (Å²) < 4.78 is 0. The van der Waals surface area contributed by atoms with Gasteiger partial charge in [-0.05, 0) is 38.0 Å². The van der Waals surface area contributed by atoms with Crippen LogP contribution in [0.1, 0.15) is 70.6 Å². The summed E-state index contributed by atoms with van der Waals surface area (Å²) in [5.41, 5.74) is 6.63. The average Bonchev–Trinajstić information content (AvgIpc) is 3.04. The van der Waals surface area contributed by atoms with Gasteiger partial charge in [0.25, 0.3) is 0 Å². The third kappa shape index (κ3) is 3.41. The number of fused-ring (bicyclic) bond motifs is 2. The summed E-state index contributed by atoms with van der Waals surface area (Å²) in [7, 11) is 0. The summed E-state index contributed by atoms with van der Waals surface area (Å²) in [6, 6.07) is 0. The Bertz CT molecular complexity index is 434. The first-order valence-corrected chi connectivity index (χ1v) is 9.24. The Balaban J connectivity index is 1.67. The molecule has 2 fully saturated rings. The van der Waals surface area contributed by atoms with Gasteiger partial charge in [0.15, 0.2) is 0 Å². The van der Waals surface area contributed by atoms with Crippen LogP contribution in [0.2, 0.25) is 0 Å². The monoisotopic (exact) mass is 305 g/mol. The molecule has 0 aromatic carbocycles. The van der Waals surface area contributed by atoms with Crippen LogP contribution < -0.4 is 11.1 Å². The highest BCUT2D eigenvalue weighted by Gasteiger charge is 2.58. The van der Waals surface area contributed by atoms with Gasteiger partial charge < -0.3 is 16.0 Å². The lowest BCUT2D eigenvalue weighted by Gasteiger charge is -2.22. The smallest absolute Gasteiger partial charge is 0.243 e. The molecule has 1 amide bonds. The molecule has 2 unspecified atom stereocenters. The highest BCUT2D eigenvalue weighted by molar-refractivity contribution is 5.88. The Morgan fingerprint density at radius 2 is 1.77 bits per heavy atom. The van der Waals surface area contributed by atoms with Crippen LogP contribution in [0, 0.1) is 5.92 Å². The van der Waals surface area contributed by atoms with E-state index in [4.69, 9.17) is 5.73 Å². The van der Waals surface area contributed by atoms with Crippen LogP contribution in [0.3, 0.4) is 0 Å². The molecule has 0 aromatic heterocycles. The van der Waals surface area contributed by atoms with Crippen LogP contribution in [0.15, 0.2) is 11.9 Å². The summed E-state index contributed by atoms with van der Waals surface area (Å²) in [5, 5.41) is 3.43. The summed E-state index contributed by atoms with van der Waals surface area (Å²) in [4.78, 5) is 14.4. The maximum atomic E-state index is 11.9. The second-order valence-electron chi connectivity index (χ2n) is 7.37. The molecule has 0 aromatic rings. The highest BCUT2D eigenvalue weighted by atomic mass is 16.1. The van der Waals surface area contributed by atoms with Crippen LogP contribution in [-0.2, 0) is 4.79 Å². The third-order valence-electron chi connectivity index (χ3n) is 5.79. The van der Waals surface area contributed by atoms with E-state index in [1.807, 2.05) is 0 Å². The van der Waals surface area contributed by atoms with E-state index in [2.05, 4.69) is 16.4 Å². The topological polar surface area (TPSA) is 58.4 Å². The maximum absolute atomic E-state index is 11.9. The lowest BCUT2D eigenvalue weighted by Crippen LogP contribution is -2.43. The van der Waals surface area contributed by atoms with Crippen molar-refractivity contribution in [1.82, 2.24) is 10.2 Å². The van der Waals surface area contributed by atoms with Crippen molar-refractivity contribution < 1.29 is 4.79 Å². The number of amides is 1. The average molecular weight is 305 g/mol. The molecule has 0 radical (unpaired) electrons. The zero-order chi connectivity index (χ0) is 15.4. The third-order valence-corrected chi connectivity index (χ3v) is 5.79. The zero-order valence-corrected chi connectivity index (χ0v) is 13.8. The predicted octanol–water partition coefficient (Wildman–Crippen LogP) is 2.89. The van der Waals surface area contributed by atoms with E-state index in [9.17, 15) is 4.79 Å². The lowest BCUT2D eigenvalue weighted by molar-refractivity contribution is -0.121. The fourth-order valence-corrected chi connectivity index (χ4v) is 4.19. The Morgan fingerprint density at radius 3 is 2.55 bits per heavy atom. The van der Waals surface area contributed by atoms with Gasteiger partial charge in [-0.3, -0.25) is 4.79 Å². The van der Waals surface area contributed by atoms with Crippen LogP contribution in [0.25, 0.3) is 0 Å². The second-order valence-corrected chi connectivity index (χ2v) is 7.37. The molecular formula is C18H31N3O. The number of nitrogens with two attached hydrogens (primary N) is 1. The largest absolute Gasteiger partial charge is 0.376 e. The van der Waals surface area contributed by atoms with Gasteiger partial charge in [-0.25, -0.2) is 0 Å². The van der Waals surface area contributed by atoms with Crippen LogP contribution in [0.4, 0.5) is 0 Å². The number of rotatable bonds is 1. The summed E-state index contributed by atoms with van der Waals surface area (Å²) in [5.74, 6) is 0.282. The van der Waals surface area contributed by atoms with Gasteiger partial charge in [-0.2, -0.15) is 0 Å². The minimum atomic E-state index is -0.443. The van der Waals surface area contributed by atoms with Crippen molar-refractivity contribution in [3.63, 3.8) is 0 Å². The lowest BCUT2D eigenvalue weighted by atomic mass is 10.0. The van der Waals surface area contributed by atoms with Gasteiger partial charge in [0.05, 0.1) is 0 Å². The van der Waals surface area contributed by atoms with E-state index >= 15 is 0 Å². The molecule has 1 aliphatic carbocycles. The van der Waals surface area contributed by atoms with Crippen LogP contribution in [-0.4, -0.2) is 29.4 Å². The Kier molecular flexibility index (Phi) is 4.94. The van der Waals surface area contributed by atoms with E-state index in [0.29, 0.717) is 5.92 Å². The van der Waals surface area contributed by atoms with Crippen molar-refractivity contribution in [2.75, 3.05) is 13.1 Å². The predicted molar refractivity (Wildman–Crippen MR) is 89.0 cm³/mol. The fourth-order valence-electron chi connectivity index (χ4n) is 4.19. The first-order chi connectivity index (χ1) is 10.7. The summed E-state index contributed by atoms with van der Waals surface area (Å²) in [6.45, 7) is 2.33. The number of hydrogen-bond donors (Lipinski definition) is 2. The minimum Gasteiger partial charge on any atom is -0.376 e. The van der Waals surface area contributed by atoms with Crippen LogP contribution in [0.5, 0.6) is 0 Å². The second kappa shape index (κ2) is 6.93. The fraction of sp³-hybridized carbons (Fsp3) is 0.833. The summed E-state index contributed by atoms with van der Waals surface area (Å²) >= 11 is 0. The molecule has 124 valence electrons. The number of nitrogens with zero attached hydrogens (tertiary/aromatic N) is 1. The standard InChI is InChI=1S/C18H31N3O/c19-17(22)18-13-15(18)9-6-4-2-1-3-5-7-11-21-12-8-10-16(21)14-20-18/h14-15,20H,1-13H2,(H2,19,22)/b16-14-. The molecule has 2 aliphatic heterocycles. The molecular weight excluding hydrogens is 274 g/mol. The van der Waals surface area contributed by atoms with E-state index < -0.39 is 5.54 Å². The van der Waals surface area contributed by atoms with Crippen molar-refractivity contribution in [2.24, 2.45) is 11.7 Å².